The second kappa shape index (κ2) is 7.01. The van der Waals surface area contributed by atoms with E-state index in [0.717, 1.165) is 12.1 Å². The van der Waals surface area contributed by atoms with Gasteiger partial charge in [-0.25, -0.2) is 4.98 Å². The lowest BCUT2D eigenvalue weighted by Gasteiger charge is -2.07. The van der Waals surface area contributed by atoms with E-state index in [1.54, 1.807) is 12.3 Å². The smallest absolute Gasteiger partial charge is 0.313 e. The Balaban J connectivity index is 2.16. The van der Waals surface area contributed by atoms with Gasteiger partial charge < -0.3 is 10.1 Å². The number of nitrogens with one attached hydrogen (secondary N) is 1. The molecule has 110 valence electrons. The molecule has 0 radical (unpaired) electrons. The van der Waals surface area contributed by atoms with Gasteiger partial charge in [-0.2, -0.15) is 0 Å². The fraction of sp³-hybridized carbons (Fsp3) is 0.214. The molecule has 0 bridgehead atoms. The average molecular weight is 308 g/mol. The lowest BCUT2D eigenvalue weighted by molar-refractivity contribution is -0.385. The number of benzene rings is 1. The van der Waals surface area contributed by atoms with Crippen LogP contribution in [0.4, 0.5) is 5.69 Å². The summed E-state index contributed by atoms with van der Waals surface area (Å²) in [5.74, 6) is 0.400. The Labute approximate surface area is 126 Å². The maximum absolute atomic E-state index is 11.0. The molecule has 0 saturated carbocycles. The highest BCUT2D eigenvalue weighted by Gasteiger charge is 2.16. The highest BCUT2D eigenvalue weighted by molar-refractivity contribution is 6.30. The number of nitro groups is 1. The Hall–Kier alpha value is -2.18. The Morgan fingerprint density at radius 2 is 2.19 bits per heavy atom. The van der Waals surface area contributed by atoms with Crippen LogP contribution in [0.1, 0.15) is 12.5 Å². The van der Waals surface area contributed by atoms with Crippen molar-refractivity contribution in [2.75, 3.05) is 6.54 Å². The van der Waals surface area contributed by atoms with Crippen molar-refractivity contribution in [1.29, 1.82) is 0 Å². The number of rotatable bonds is 6. The lowest BCUT2D eigenvalue weighted by atomic mass is 10.3. The molecule has 1 aromatic carbocycles. The summed E-state index contributed by atoms with van der Waals surface area (Å²) >= 11 is 5.75. The molecular formula is C14H14ClN3O3. The molecule has 0 fully saturated rings. The topological polar surface area (TPSA) is 77.3 Å². The number of nitro benzene ring substituents is 1. The second-order valence-corrected chi connectivity index (χ2v) is 4.69. The van der Waals surface area contributed by atoms with Crippen molar-refractivity contribution in [3.63, 3.8) is 0 Å². The predicted molar refractivity (Wildman–Crippen MR) is 79.8 cm³/mol. The molecule has 0 aliphatic carbocycles. The number of ether oxygens (including phenoxy) is 1. The highest BCUT2D eigenvalue weighted by atomic mass is 35.5. The van der Waals surface area contributed by atoms with E-state index in [0.29, 0.717) is 12.4 Å². The van der Waals surface area contributed by atoms with Crippen molar-refractivity contribution in [3.05, 3.63) is 57.2 Å². The first-order chi connectivity index (χ1) is 10.1. The van der Waals surface area contributed by atoms with Gasteiger partial charge in [0.2, 0.25) is 11.6 Å². The minimum absolute atomic E-state index is 0.108. The van der Waals surface area contributed by atoms with Crippen LogP contribution < -0.4 is 10.1 Å². The fourth-order valence-electron chi connectivity index (χ4n) is 1.68. The third-order valence-corrected chi connectivity index (χ3v) is 2.94. The monoisotopic (exact) mass is 307 g/mol. The molecule has 0 unspecified atom stereocenters. The largest absolute Gasteiger partial charge is 0.432 e. The van der Waals surface area contributed by atoms with Gasteiger partial charge in [0.15, 0.2) is 0 Å². The van der Waals surface area contributed by atoms with Crippen molar-refractivity contribution < 1.29 is 9.66 Å². The first-order valence-electron chi connectivity index (χ1n) is 6.37. The van der Waals surface area contributed by atoms with Gasteiger partial charge in [-0.1, -0.05) is 24.6 Å². The Morgan fingerprint density at radius 3 is 2.81 bits per heavy atom. The van der Waals surface area contributed by atoms with Crippen molar-refractivity contribution in [2.45, 2.75) is 13.5 Å². The molecule has 0 saturated heterocycles. The number of halogens is 1. The van der Waals surface area contributed by atoms with Gasteiger partial charge >= 0.3 is 5.69 Å². The van der Waals surface area contributed by atoms with Gasteiger partial charge in [-0.3, -0.25) is 10.1 Å². The summed E-state index contributed by atoms with van der Waals surface area (Å²) in [4.78, 5) is 14.6. The quantitative estimate of drug-likeness (QED) is 0.652. The summed E-state index contributed by atoms with van der Waals surface area (Å²) in [6, 6.07) is 7.76. The van der Waals surface area contributed by atoms with Crippen molar-refractivity contribution in [3.8, 4) is 11.6 Å². The number of pyridine rings is 1. The first kappa shape index (κ1) is 15.2. The van der Waals surface area contributed by atoms with Crippen molar-refractivity contribution in [1.82, 2.24) is 10.3 Å². The van der Waals surface area contributed by atoms with Gasteiger partial charge in [-0.15, -0.1) is 0 Å². The normalized spacial score (nSPS) is 10.4. The summed E-state index contributed by atoms with van der Waals surface area (Å²) in [5.41, 5.74) is 0.816. The number of hydrogen-bond donors (Lipinski definition) is 1. The zero-order chi connectivity index (χ0) is 15.2. The fourth-order valence-corrected chi connectivity index (χ4v) is 1.84. The molecule has 0 amide bonds. The summed E-state index contributed by atoms with van der Waals surface area (Å²) in [5, 5.41) is 14.4. The second-order valence-electron chi connectivity index (χ2n) is 4.26. The van der Waals surface area contributed by atoms with Crippen LogP contribution >= 0.6 is 11.6 Å². The van der Waals surface area contributed by atoms with E-state index in [-0.39, 0.29) is 16.5 Å². The van der Waals surface area contributed by atoms with Gasteiger partial charge in [-0.05, 0) is 24.2 Å². The summed E-state index contributed by atoms with van der Waals surface area (Å²) in [6.45, 7) is 3.60. The summed E-state index contributed by atoms with van der Waals surface area (Å²) in [7, 11) is 0. The Bertz CT molecular complexity index is 632. The Morgan fingerprint density at radius 1 is 1.38 bits per heavy atom. The summed E-state index contributed by atoms with van der Waals surface area (Å²) < 4.78 is 5.45. The molecule has 6 nitrogen and oxygen atoms in total. The first-order valence-corrected chi connectivity index (χ1v) is 6.75. The molecule has 1 heterocycles. The molecule has 0 aliphatic rings. The van der Waals surface area contributed by atoms with Crippen LogP contribution in [0.3, 0.4) is 0 Å². The van der Waals surface area contributed by atoms with Crippen LogP contribution in [0.5, 0.6) is 11.6 Å². The van der Waals surface area contributed by atoms with Crippen molar-refractivity contribution in [2.24, 2.45) is 0 Å². The van der Waals surface area contributed by atoms with Gasteiger partial charge in [0.05, 0.1) is 4.92 Å². The minimum Gasteiger partial charge on any atom is -0.432 e. The molecule has 2 rings (SSSR count). The van der Waals surface area contributed by atoms with Crippen LogP contribution in [-0.4, -0.2) is 16.5 Å². The maximum atomic E-state index is 11.0. The molecule has 0 aliphatic heterocycles. The van der Waals surface area contributed by atoms with E-state index < -0.39 is 4.92 Å². The summed E-state index contributed by atoms with van der Waals surface area (Å²) in [6.07, 6.45) is 1.67. The number of hydrogen-bond acceptors (Lipinski definition) is 5. The zero-order valence-corrected chi connectivity index (χ0v) is 12.1. The molecule has 1 N–H and O–H groups in total. The van der Waals surface area contributed by atoms with E-state index >= 15 is 0 Å². The third kappa shape index (κ3) is 4.14. The zero-order valence-electron chi connectivity index (χ0n) is 11.4. The molecule has 0 atom stereocenters. The van der Waals surface area contributed by atoms with Crippen LogP contribution in [0, 0.1) is 10.1 Å². The molecule has 21 heavy (non-hydrogen) atoms. The predicted octanol–water partition coefficient (Wildman–Crippen LogP) is 3.55. The van der Waals surface area contributed by atoms with E-state index in [9.17, 15) is 10.1 Å². The molecule has 1 aromatic heterocycles. The third-order valence-electron chi connectivity index (χ3n) is 2.71. The standard InChI is InChI=1S/C14H14ClN3O3/c1-2-16-8-10-3-6-14(17-9-10)21-13-5-4-11(15)7-12(13)18(19)20/h3-7,9,16H,2,8H2,1H3. The lowest BCUT2D eigenvalue weighted by Crippen LogP contribution is -2.11. The molecule has 0 spiro atoms. The molecule has 7 heteroatoms. The Kier molecular flexibility index (Phi) is 5.08. The SMILES string of the molecule is CCNCc1ccc(Oc2ccc(Cl)cc2[N+](=O)[O-])nc1. The van der Waals surface area contributed by atoms with Gasteiger partial charge in [0.1, 0.15) is 0 Å². The number of aromatic nitrogens is 1. The van der Waals surface area contributed by atoms with Crippen LogP contribution in [0.25, 0.3) is 0 Å². The van der Waals surface area contributed by atoms with Crippen molar-refractivity contribution >= 4 is 17.3 Å². The minimum atomic E-state index is -0.541. The molecule has 2 aromatic rings. The van der Waals surface area contributed by atoms with Crippen LogP contribution in [-0.2, 0) is 6.54 Å². The van der Waals surface area contributed by atoms with Gasteiger partial charge in [0, 0.05) is 29.9 Å². The van der Waals surface area contributed by atoms with E-state index in [1.165, 1.54) is 18.2 Å². The highest BCUT2D eigenvalue weighted by Crippen LogP contribution is 2.32. The van der Waals surface area contributed by atoms with Gasteiger partial charge in [0.25, 0.3) is 0 Å². The molecular weight excluding hydrogens is 294 g/mol. The average Bonchev–Trinajstić information content (AvgIpc) is 2.48. The van der Waals surface area contributed by atoms with Crippen LogP contribution in [0.15, 0.2) is 36.5 Å². The number of nitrogens with zero attached hydrogens (tertiary/aromatic N) is 2. The van der Waals surface area contributed by atoms with Crippen LogP contribution in [0.2, 0.25) is 5.02 Å². The van der Waals surface area contributed by atoms with E-state index in [1.807, 2.05) is 13.0 Å². The van der Waals surface area contributed by atoms with E-state index in [4.69, 9.17) is 16.3 Å². The maximum Gasteiger partial charge on any atom is 0.313 e. The van der Waals surface area contributed by atoms with E-state index in [2.05, 4.69) is 10.3 Å².